The van der Waals surface area contributed by atoms with Gasteiger partial charge in [0.05, 0.1) is 13.0 Å². The molecule has 0 bridgehead atoms. The van der Waals surface area contributed by atoms with Crippen LogP contribution in [0.25, 0.3) is 0 Å². The van der Waals surface area contributed by atoms with E-state index in [2.05, 4.69) is 12.2 Å². The zero-order valence-corrected chi connectivity index (χ0v) is 10.5. The van der Waals surface area contributed by atoms with Crippen LogP contribution in [0.2, 0.25) is 0 Å². The highest BCUT2D eigenvalue weighted by Gasteiger charge is 2.21. The third kappa shape index (κ3) is 4.49. The highest BCUT2D eigenvalue weighted by Crippen LogP contribution is 2.11. The summed E-state index contributed by atoms with van der Waals surface area (Å²) in [5.74, 6) is 0.239. The van der Waals surface area contributed by atoms with Crippen LogP contribution in [0.15, 0.2) is 0 Å². The predicted octanol–water partition coefficient (Wildman–Crippen LogP) is 1.01. The lowest BCUT2D eigenvalue weighted by atomic mass is 10.0. The second-order valence-electron chi connectivity index (χ2n) is 4.16. The van der Waals surface area contributed by atoms with Crippen molar-refractivity contribution < 1.29 is 9.53 Å². The minimum atomic E-state index is 0.239. The first kappa shape index (κ1) is 13.5. The minimum Gasteiger partial charge on any atom is -0.381 e. The molecule has 1 aliphatic heterocycles. The first-order valence-corrected chi connectivity index (χ1v) is 6.36. The first-order valence-electron chi connectivity index (χ1n) is 6.36. The summed E-state index contributed by atoms with van der Waals surface area (Å²) in [6.07, 6.45) is 2.68. The number of ether oxygens (including phenoxy) is 1. The molecule has 4 heteroatoms. The standard InChI is InChI=1S/C12H24N2O2/c1-3-13-11-5-8-14(9-6-11)12(15)7-10-16-4-2/h11,13H,3-10H2,1-2H3. The van der Waals surface area contributed by atoms with Crippen LogP contribution in [-0.4, -0.2) is 49.7 Å². The Morgan fingerprint density at radius 3 is 2.62 bits per heavy atom. The summed E-state index contributed by atoms with van der Waals surface area (Å²) in [7, 11) is 0. The fourth-order valence-electron chi connectivity index (χ4n) is 2.08. The molecule has 0 spiro atoms. The van der Waals surface area contributed by atoms with Crippen LogP contribution in [0.4, 0.5) is 0 Å². The van der Waals surface area contributed by atoms with Crippen LogP contribution >= 0.6 is 0 Å². The van der Waals surface area contributed by atoms with Crippen molar-refractivity contribution in [1.29, 1.82) is 0 Å². The Balaban J connectivity index is 2.17. The summed E-state index contributed by atoms with van der Waals surface area (Å²) >= 11 is 0. The molecular weight excluding hydrogens is 204 g/mol. The highest BCUT2D eigenvalue weighted by molar-refractivity contribution is 5.76. The van der Waals surface area contributed by atoms with Crippen LogP contribution in [0.3, 0.4) is 0 Å². The number of carbonyl (C=O) groups is 1. The number of likely N-dealkylation sites (tertiary alicyclic amines) is 1. The second kappa shape index (κ2) is 7.63. The van der Waals surface area contributed by atoms with E-state index in [9.17, 15) is 4.79 Å². The molecule has 0 saturated carbocycles. The molecule has 0 aromatic carbocycles. The number of hydrogen-bond donors (Lipinski definition) is 1. The van der Waals surface area contributed by atoms with Gasteiger partial charge in [-0.3, -0.25) is 4.79 Å². The van der Waals surface area contributed by atoms with Gasteiger partial charge >= 0.3 is 0 Å². The van der Waals surface area contributed by atoms with Gasteiger partial charge < -0.3 is 15.0 Å². The number of piperidine rings is 1. The molecule has 94 valence electrons. The van der Waals surface area contributed by atoms with Crippen LogP contribution in [-0.2, 0) is 9.53 Å². The normalized spacial score (nSPS) is 17.8. The van der Waals surface area contributed by atoms with Gasteiger partial charge in [0.15, 0.2) is 0 Å². The van der Waals surface area contributed by atoms with E-state index in [-0.39, 0.29) is 5.91 Å². The molecule has 0 aromatic rings. The molecule has 1 rings (SSSR count). The van der Waals surface area contributed by atoms with E-state index >= 15 is 0 Å². The third-order valence-corrected chi connectivity index (χ3v) is 3.00. The maximum absolute atomic E-state index is 11.8. The maximum Gasteiger partial charge on any atom is 0.224 e. The van der Waals surface area contributed by atoms with Gasteiger partial charge in [0.1, 0.15) is 0 Å². The summed E-state index contributed by atoms with van der Waals surface area (Å²) in [5.41, 5.74) is 0. The Labute approximate surface area is 98.3 Å². The predicted molar refractivity (Wildman–Crippen MR) is 64.4 cm³/mol. The minimum absolute atomic E-state index is 0.239. The summed E-state index contributed by atoms with van der Waals surface area (Å²) in [6, 6.07) is 0.598. The first-order chi connectivity index (χ1) is 7.77. The average Bonchev–Trinajstić information content (AvgIpc) is 2.30. The van der Waals surface area contributed by atoms with Crippen molar-refractivity contribution in [2.24, 2.45) is 0 Å². The fourth-order valence-corrected chi connectivity index (χ4v) is 2.08. The molecular formula is C12H24N2O2. The fraction of sp³-hybridized carbons (Fsp3) is 0.917. The van der Waals surface area contributed by atoms with Crippen molar-refractivity contribution in [1.82, 2.24) is 10.2 Å². The van der Waals surface area contributed by atoms with E-state index in [4.69, 9.17) is 4.74 Å². The molecule has 1 aliphatic rings. The largest absolute Gasteiger partial charge is 0.381 e. The molecule has 16 heavy (non-hydrogen) atoms. The Hall–Kier alpha value is -0.610. The lowest BCUT2D eigenvalue weighted by Crippen LogP contribution is -2.45. The zero-order chi connectivity index (χ0) is 11.8. The number of rotatable bonds is 6. The topological polar surface area (TPSA) is 41.6 Å². The molecule has 1 N–H and O–H groups in total. The van der Waals surface area contributed by atoms with E-state index in [1.165, 1.54) is 0 Å². The van der Waals surface area contributed by atoms with Crippen LogP contribution in [0, 0.1) is 0 Å². The Kier molecular flexibility index (Phi) is 6.42. The molecule has 0 radical (unpaired) electrons. The molecule has 0 aromatic heterocycles. The molecule has 4 nitrogen and oxygen atoms in total. The third-order valence-electron chi connectivity index (χ3n) is 3.00. The van der Waals surface area contributed by atoms with Crippen molar-refractivity contribution in [2.45, 2.75) is 39.2 Å². The van der Waals surface area contributed by atoms with E-state index in [0.29, 0.717) is 25.7 Å². The van der Waals surface area contributed by atoms with Crippen molar-refractivity contribution in [3.63, 3.8) is 0 Å². The van der Waals surface area contributed by atoms with E-state index in [1.807, 2.05) is 11.8 Å². The van der Waals surface area contributed by atoms with Crippen LogP contribution in [0.1, 0.15) is 33.1 Å². The molecule has 1 fully saturated rings. The van der Waals surface area contributed by atoms with Gasteiger partial charge in [-0.25, -0.2) is 0 Å². The average molecular weight is 228 g/mol. The number of carbonyl (C=O) groups excluding carboxylic acids is 1. The quantitative estimate of drug-likeness (QED) is 0.690. The molecule has 0 unspecified atom stereocenters. The molecule has 1 amide bonds. The van der Waals surface area contributed by atoms with Crippen molar-refractivity contribution in [2.75, 3.05) is 32.8 Å². The maximum atomic E-state index is 11.8. The van der Waals surface area contributed by atoms with E-state index < -0.39 is 0 Å². The number of nitrogens with zero attached hydrogens (tertiary/aromatic N) is 1. The zero-order valence-electron chi connectivity index (χ0n) is 10.5. The Morgan fingerprint density at radius 1 is 1.38 bits per heavy atom. The van der Waals surface area contributed by atoms with Crippen molar-refractivity contribution in [3.05, 3.63) is 0 Å². The summed E-state index contributed by atoms with van der Waals surface area (Å²) in [4.78, 5) is 13.7. The molecule has 1 saturated heterocycles. The summed E-state index contributed by atoms with van der Waals surface area (Å²) in [5, 5.41) is 3.43. The van der Waals surface area contributed by atoms with Gasteiger partial charge in [0, 0.05) is 25.7 Å². The molecule has 0 atom stereocenters. The number of nitrogens with one attached hydrogen (secondary N) is 1. The van der Waals surface area contributed by atoms with Gasteiger partial charge in [-0.2, -0.15) is 0 Å². The van der Waals surface area contributed by atoms with E-state index in [1.54, 1.807) is 0 Å². The smallest absolute Gasteiger partial charge is 0.224 e. The second-order valence-corrected chi connectivity index (χ2v) is 4.16. The molecule has 1 heterocycles. The summed E-state index contributed by atoms with van der Waals surface area (Å²) in [6.45, 7) is 8.12. The monoisotopic (exact) mass is 228 g/mol. The summed E-state index contributed by atoms with van der Waals surface area (Å²) < 4.78 is 5.19. The van der Waals surface area contributed by atoms with Gasteiger partial charge in [0.25, 0.3) is 0 Å². The number of amides is 1. The van der Waals surface area contributed by atoms with Crippen molar-refractivity contribution in [3.8, 4) is 0 Å². The Morgan fingerprint density at radius 2 is 2.06 bits per heavy atom. The number of hydrogen-bond acceptors (Lipinski definition) is 3. The lowest BCUT2D eigenvalue weighted by molar-refractivity contribution is -0.133. The SMILES string of the molecule is CCNC1CCN(C(=O)CCOCC)CC1. The van der Waals surface area contributed by atoms with Crippen molar-refractivity contribution >= 4 is 5.91 Å². The Bertz CT molecular complexity index is 201. The molecule has 0 aliphatic carbocycles. The van der Waals surface area contributed by atoms with Gasteiger partial charge in [-0.1, -0.05) is 6.92 Å². The lowest BCUT2D eigenvalue weighted by Gasteiger charge is -2.32. The van der Waals surface area contributed by atoms with Crippen LogP contribution < -0.4 is 5.32 Å². The van der Waals surface area contributed by atoms with Gasteiger partial charge in [-0.05, 0) is 26.3 Å². The van der Waals surface area contributed by atoms with E-state index in [0.717, 1.165) is 32.5 Å². The highest BCUT2D eigenvalue weighted by atomic mass is 16.5. The van der Waals surface area contributed by atoms with Crippen LogP contribution in [0.5, 0.6) is 0 Å². The van der Waals surface area contributed by atoms with Gasteiger partial charge in [-0.15, -0.1) is 0 Å². The van der Waals surface area contributed by atoms with Gasteiger partial charge in [0.2, 0.25) is 5.91 Å².